The maximum atomic E-state index is 12.3. The maximum absolute atomic E-state index is 12.3. The molecule has 0 saturated heterocycles. The number of Topliss-reactive ketones (excluding diaryl/α,β-unsaturated/α-hetero) is 1. The van der Waals surface area contributed by atoms with Crippen LogP contribution in [0.4, 0.5) is 13.2 Å². The van der Waals surface area contributed by atoms with Crippen LogP contribution in [0.1, 0.15) is 17.5 Å². The molecule has 2 nitrogen and oxygen atoms in total. The van der Waals surface area contributed by atoms with E-state index in [0.717, 1.165) is 5.56 Å². The van der Waals surface area contributed by atoms with Crippen LogP contribution in [0.5, 0.6) is 0 Å². The predicted octanol–water partition coefficient (Wildman–Crippen LogP) is 3.03. The molecule has 1 aromatic carbocycles. The number of rotatable bonds is 1. The molecule has 1 N–H and O–H groups in total. The zero-order chi connectivity index (χ0) is 12.6. The Morgan fingerprint density at radius 2 is 1.82 bits per heavy atom. The Kier molecular flexibility index (Phi) is 2.69. The van der Waals surface area contributed by atoms with Crippen molar-refractivity contribution in [2.45, 2.75) is 19.0 Å². The number of carbonyl (C=O) groups excluding carboxylic acids is 1. The van der Waals surface area contributed by atoms with Gasteiger partial charge in [0.15, 0.2) is 0 Å². The first kappa shape index (κ1) is 11.7. The lowest BCUT2D eigenvalue weighted by Gasteiger charge is -2.19. The summed E-state index contributed by atoms with van der Waals surface area (Å²) in [5.74, 6) is -2.50. The molecule has 0 spiro atoms. The smallest absolute Gasteiger partial charge is 0.454 e. The van der Waals surface area contributed by atoms with Crippen LogP contribution in [0, 0.1) is 0 Å². The van der Waals surface area contributed by atoms with Crippen LogP contribution in [0.15, 0.2) is 29.8 Å². The lowest BCUT2D eigenvalue weighted by atomic mass is 9.88. The number of ketones is 1. The minimum absolute atomic E-state index is 0.0822. The predicted molar refractivity (Wildman–Crippen MR) is 55.4 cm³/mol. The first-order valence-corrected chi connectivity index (χ1v) is 5.03. The number of carbonyl (C=O) groups is 1. The molecule has 0 radical (unpaired) electrons. The average Bonchev–Trinajstić information content (AvgIpc) is 2.28. The first-order chi connectivity index (χ1) is 7.91. The minimum atomic E-state index is -4.93. The maximum Gasteiger partial charge on any atom is 0.454 e. The second kappa shape index (κ2) is 3.91. The quantitative estimate of drug-likeness (QED) is 0.821. The zero-order valence-electron chi connectivity index (χ0n) is 8.71. The molecule has 0 aromatic heterocycles. The fourth-order valence-corrected chi connectivity index (χ4v) is 1.90. The fourth-order valence-electron chi connectivity index (χ4n) is 1.90. The lowest BCUT2D eigenvalue weighted by molar-refractivity contribution is -0.166. The standard InChI is InChI=1S/C12H9F3O2/c13-12(14,15)11(17)9-6-5-7-3-1-2-4-8(7)10(9)16/h1-4,16H,5-6H2. The summed E-state index contributed by atoms with van der Waals surface area (Å²) in [4.78, 5) is 11.1. The molecule has 2 rings (SSSR count). The number of hydrogen-bond acceptors (Lipinski definition) is 2. The van der Waals surface area contributed by atoms with E-state index in [9.17, 15) is 23.1 Å². The van der Waals surface area contributed by atoms with Gasteiger partial charge >= 0.3 is 6.18 Å². The number of fused-ring (bicyclic) bond motifs is 1. The third kappa shape index (κ3) is 2.05. The van der Waals surface area contributed by atoms with Gasteiger partial charge in [-0.2, -0.15) is 13.2 Å². The van der Waals surface area contributed by atoms with E-state index in [1.807, 2.05) is 0 Å². The molecule has 5 heteroatoms. The molecular weight excluding hydrogens is 233 g/mol. The minimum Gasteiger partial charge on any atom is -0.507 e. The summed E-state index contributed by atoms with van der Waals surface area (Å²) in [5, 5.41) is 9.71. The third-order valence-corrected chi connectivity index (χ3v) is 2.73. The summed E-state index contributed by atoms with van der Waals surface area (Å²) in [6.45, 7) is 0. The van der Waals surface area contributed by atoms with Gasteiger partial charge in [-0.3, -0.25) is 4.79 Å². The van der Waals surface area contributed by atoms with Crippen LogP contribution in [0.3, 0.4) is 0 Å². The molecule has 0 saturated carbocycles. The second-order valence-corrected chi connectivity index (χ2v) is 3.81. The largest absolute Gasteiger partial charge is 0.507 e. The van der Waals surface area contributed by atoms with Crippen molar-refractivity contribution in [2.75, 3.05) is 0 Å². The topological polar surface area (TPSA) is 37.3 Å². The molecule has 1 aliphatic rings. The highest BCUT2D eigenvalue weighted by Gasteiger charge is 2.42. The van der Waals surface area contributed by atoms with Gasteiger partial charge in [-0.05, 0) is 18.4 Å². The molecule has 0 amide bonds. The van der Waals surface area contributed by atoms with E-state index in [-0.39, 0.29) is 6.42 Å². The van der Waals surface area contributed by atoms with Crippen molar-refractivity contribution in [1.29, 1.82) is 0 Å². The lowest BCUT2D eigenvalue weighted by Crippen LogP contribution is -2.27. The number of aryl methyl sites for hydroxylation is 1. The second-order valence-electron chi connectivity index (χ2n) is 3.81. The van der Waals surface area contributed by atoms with Crippen LogP contribution in [0.2, 0.25) is 0 Å². The highest BCUT2D eigenvalue weighted by Crippen LogP contribution is 2.33. The Morgan fingerprint density at radius 1 is 1.18 bits per heavy atom. The number of allylic oxidation sites excluding steroid dienone is 1. The molecule has 0 bridgehead atoms. The molecule has 1 aliphatic carbocycles. The van der Waals surface area contributed by atoms with Crippen LogP contribution in [-0.2, 0) is 11.2 Å². The van der Waals surface area contributed by atoms with E-state index in [2.05, 4.69) is 0 Å². The number of hydrogen-bond donors (Lipinski definition) is 1. The molecule has 90 valence electrons. The van der Waals surface area contributed by atoms with Gasteiger partial charge in [0.2, 0.25) is 0 Å². The van der Waals surface area contributed by atoms with Gasteiger partial charge in [0.1, 0.15) is 5.76 Å². The Labute approximate surface area is 95.4 Å². The van der Waals surface area contributed by atoms with E-state index >= 15 is 0 Å². The van der Waals surface area contributed by atoms with Crippen molar-refractivity contribution in [3.05, 3.63) is 41.0 Å². The fraction of sp³-hybridized carbons (Fsp3) is 0.250. The molecule has 0 aliphatic heterocycles. The summed E-state index contributed by atoms with van der Waals surface area (Å²) < 4.78 is 36.9. The molecule has 0 heterocycles. The van der Waals surface area contributed by atoms with Crippen LogP contribution in [-0.4, -0.2) is 17.1 Å². The number of halogens is 3. The van der Waals surface area contributed by atoms with Crippen molar-refractivity contribution in [1.82, 2.24) is 0 Å². The summed E-state index contributed by atoms with van der Waals surface area (Å²) in [6, 6.07) is 6.58. The van der Waals surface area contributed by atoms with E-state index in [1.54, 1.807) is 18.2 Å². The molecule has 0 unspecified atom stereocenters. The Balaban J connectivity index is 2.48. The highest BCUT2D eigenvalue weighted by molar-refractivity contribution is 6.05. The summed E-state index contributed by atoms with van der Waals surface area (Å²) in [7, 11) is 0. The zero-order valence-corrected chi connectivity index (χ0v) is 8.71. The molecule has 0 fully saturated rings. The highest BCUT2D eigenvalue weighted by atomic mass is 19.4. The van der Waals surface area contributed by atoms with Crippen LogP contribution < -0.4 is 0 Å². The molecule has 1 aromatic rings. The SMILES string of the molecule is O=C(C1=C(O)c2ccccc2CC1)C(F)(F)F. The van der Waals surface area contributed by atoms with E-state index in [1.165, 1.54) is 6.07 Å². The number of benzene rings is 1. The van der Waals surface area contributed by atoms with Gasteiger partial charge in [0.25, 0.3) is 5.78 Å². The number of alkyl halides is 3. The van der Waals surface area contributed by atoms with E-state index < -0.39 is 23.3 Å². The average molecular weight is 242 g/mol. The van der Waals surface area contributed by atoms with Gasteiger partial charge in [0.05, 0.1) is 0 Å². The van der Waals surface area contributed by atoms with Crippen molar-refractivity contribution in [3.63, 3.8) is 0 Å². The molecular formula is C12H9F3O2. The van der Waals surface area contributed by atoms with Crippen molar-refractivity contribution in [3.8, 4) is 0 Å². The van der Waals surface area contributed by atoms with Gasteiger partial charge in [0, 0.05) is 11.1 Å². The van der Waals surface area contributed by atoms with Gasteiger partial charge < -0.3 is 5.11 Å². The van der Waals surface area contributed by atoms with Crippen molar-refractivity contribution in [2.24, 2.45) is 0 Å². The Morgan fingerprint density at radius 3 is 2.47 bits per heavy atom. The summed E-state index contributed by atoms with van der Waals surface area (Å²) in [6.07, 6.45) is -4.69. The monoisotopic (exact) mass is 242 g/mol. The van der Waals surface area contributed by atoms with Crippen LogP contribution in [0.25, 0.3) is 5.76 Å². The Hall–Kier alpha value is -1.78. The normalized spacial score (nSPS) is 15.7. The van der Waals surface area contributed by atoms with Gasteiger partial charge in [-0.1, -0.05) is 24.3 Å². The summed E-state index contributed by atoms with van der Waals surface area (Å²) in [5.41, 5.74) is 0.520. The van der Waals surface area contributed by atoms with E-state index in [4.69, 9.17) is 0 Å². The number of aliphatic hydroxyl groups excluding tert-OH is 1. The van der Waals surface area contributed by atoms with Crippen molar-refractivity contribution < 1.29 is 23.1 Å². The third-order valence-electron chi connectivity index (χ3n) is 2.73. The summed E-state index contributed by atoms with van der Waals surface area (Å²) >= 11 is 0. The van der Waals surface area contributed by atoms with Crippen LogP contribution >= 0.6 is 0 Å². The van der Waals surface area contributed by atoms with E-state index in [0.29, 0.717) is 12.0 Å². The van der Waals surface area contributed by atoms with Gasteiger partial charge in [-0.25, -0.2) is 0 Å². The first-order valence-electron chi connectivity index (χ1n) is 5.03. The molecule has 0 atom stereocenters. The van der Waals surface area contributed by atoms with Crippen molar-refractivity contribution >= 4 is 11.5 Å². The van der Waals surface area contributed by atoms with Gasteiger partial charge in [-0.15, -0.1) is 0 Å². The Bertz CT molecular complexity index is 501. The number of aliphatic hydroxyl groups is 1. The molecule has 17 heavy (non-hydrogen) atoms.